The minimum Gasteiger partial charge on any atom is -0.255 e. The van der Waals surface area contributed by atoms with E-state index in [0.29, 0.717) is 0 Å². The smallest absolute Gasteiger partial charge is 0.0259 e. The molecule has 0 aromatic carbocycles. The van der Waals surface area contributed by atoms with Gasteiger partial charge in [-0.1, -0.05) is 6.92 Å². The first-order chi connectivity index (χ1) is 3.72. The second kappa shape index (κ2) is 3.83. The summed E-state index contributed by atoms with van der Waals surface area (Å²) in [6.07, 6.45) is 0. The van der Waals surface area contributed by atoms with Crippen molar-refractivity contribution in [1.29, 1.82) is 0 Å². The number of hydrogen-bond donors (Lipinski definition) is 1. The van der Waals surface area contributed by atoms with Crippen molar-refractivity contribution in [2.45, 2.75) is 13.8 Å². The average Bonchev–Trinajstić information content (AvgIpc) is 1.84. The molecule has 0 saturated heterocycles. The molecule has 8 heavy (non-hydrogen) atoms. The summed E-state index contributed by atoms with van der Waals surface area (Å²) in [5, 5.41) is 3.64. The third-order valence-corrected chi connectivity index (χ3v) is 1.22. The van der Waals surface area contributed by atoms with E-state index in [-0.39, 0.29) is 0 Å². The van der Waals surface area contributed by atoms with Crippen LogP contribution in [0.5, 0.6) is 0 Å². The second-order valence-electron chi connectivity index (χ2n) is 1.73. The number of hydrazine groups is 2. The Balaban J connectivity index is 3.29. The molecule has 0 saturated carbocycles. The summed E-state index contributed by atoms with van der Waals surface area (Å²) >= 11 is 0. The van der Waals surface area contributed by atoms with Gasteiger partial charge in [-0.15, -0.1) is 0 Å². The Labute approximate surface area is 51.0 Å². The van der Waals surface area contributed by atoms with Gasteiger partial charge in [-0.05, 0) is 6.92 Å². The van der Waals surface area contributed by atoms with Gasteiger partial charge in [0.25, 0.3) is 0 Å². The third kappa shape index (κ3) is 2.26. The maximum atomic E-state index is 5.49. The molecule has 0 spiro atoms. The van der Waals surface area contributed by atoms with E-state index in [1.165, 1.54) is 0 Å². The van der Waals surface area contributed by atoms with Crippen LogP contribution in [0.15, 0.2) is 0 Å². The summed E-state index contributed by atoms with van der Waals surface area (Å²) in [6, 6.07) is 0. The first kappa shape index (κ1) is 7.88. The topological polar surface area (TPSA) is 32.5 Å². The Morgan fingerprint density at radius 3 is 1.88 bits per heavy atom. The molecule has 0 rings (SSSR count). The average molecular weight is 117 g/mol. The van der Waals surface area contributed by atoms with E-state index >= 15 is 0 Å². The van der Waals surface area contributed by atoms with E-state index < -0.39 is 0 Å². The predicted octanol–water partition coefficient (Wildman–Crippen LogP) is 0.0487. The first-order valence-electron chi connectivity index (χ1n) is 2.95. The van der Waals surface area contributed by atoms with Crippen LogP contribution in [0.25, 0.3) is 0 Å². The van der Waals surface area contributed by atoms with Gasteiger partial charge >= 0.3 is 0 Å². The van der Waals surface area contributed by atoms with Crippen LogP contribution in [0.1, 0.15) is 13.8 Å². The molecule has 0 bridgehead atoms. The van der Waals surface area contributed by atoms with Crippen LogP contribution < -0.4 is 5.84 Å². The largest absolute Gasteiger partial charge is 0.255 e. The van der Waals surface area contributed by atoms with Crippen molar-refractivity contribution in [3.05, 3.63) is 0 Å². The van der Waals surface area contributed by atoms with Gasteiger partial charge in [0.1, 0.15) is 0 Å². The maximum Gasteiger partial charge on any atom is 0.0259 e. The molecule has 0 heterocycles. The molecule has 0 aromatic rings. The summed E-state index contributed by atoms with van der Waals surface area (Å²) in [4.78, 5) is 0. The molecule has 0 aliphatic heterocycles. The zero-order valence-corrected chi connectivity index (χ0v) is 5.89. The summed E-state index contributed by atoms with van der Waals surface area (Å²) in [5.74, 6) is 5.49. The van der Waals surface area contributed by atoms with Gasteiger partial charge in [-0.2, -0.15) is 5.12 Å². The number of nitrogens with zero attached hydrogens (tertiary/aromatic N) is 2. The molecule has 2 N–H and O–H groups in total. The molecule has 0 atom stereocenters. The molecule has 0 unspecified atom stereocenters. The van der Waals surface area contributed by atoms with Crippen LogP contribution in [0.2, 0.25) is 0 Å². The molecule has 0 aliphatic rings. The molecule has 50 valence electrons. The molecule has 0 amide bonds. The molecule has 3 nitrogen and oxygen atoms in total. The van der Waals surface area contributed by atoms with Gasteiger partial charge < -0.3 is 0 Å². The van der Waals surface area contributed by atoms with Gasteiger partial charge in [0.2, 0.25) is 0 Å². The van der Waals surface area contributed by atoms with Crippen LogP contribution in [0.4, 0.5) is 0 Å². The minimum absolute atomic E-state index is 0.865. The standard InChI is InChI=1S/C5H15N3/c1-4-7(3)8(6)5-2/h4-6H2,1-3H3. The van der Waals surface area contributed by atoms with E-state index in [9.17, 15) is 0 Å². The monoisotopic (exact) mass is 117 g/mol. The number of hydrogen-bond acceptors (Lipinski definition) is 3. The summed E-state index contributed by atoms with van der Waals surface area (Å²) in [6.45, 7) is 5.91. The van der Waals surface area contributed by atoms with E-state index in [1.54, 1.807) is 5.12 Å². The fourth-order valence-electron chi connectivity index (χ4n) is 0.423. The molecular weight excluding hydrogens is 102 g/mol. The molecular formula is C5H15N3. The molecule has 0 radical (unpaired) electrons. The van der Waals surface area contributed by atoms with E-state index in [0.717, 1.165) is 13.1 Å². The summed E-state index contributed by atoms with van der Waals surface area (Å²) in [7, 11) is 1.96. The van der Waals surface area contributed by atoms with Crippen molar-refractivity contribution in [1.82, 2.24) is 10.1 Å². The molecule has 0 fully saturated rings. The second-order valence-corrected chi connectivity index (χ2v) is 1.73. The SMILES string of the molecule is CCN(C)N(N)CC. The Kier molecular flexibility index (Phi) is 3.77. The predicted molar refractivity (Wildman–Crippen MR) is 34.9 cm³/mol. The maximum absolute atomic E-state index is 5.49. The van der Waals surface area contributed by atoms with Crippen LogP contribution in [-0.2, 0) is 0 Å². The van der Waals surface area contributed by atoms with Crippen LogP contribution in [-0.4, -0.2) is 30.3 Å². The highest BCUT2D eigenvalue weighted by Gasteiger charge is 1.97. The van der Waals surface area contributed by atoms with E-state index in [1.807, 2.05) is 19.0 Å². The van der Waals surface area contributed by atoms with Gasteiger partial charge in [0, 0.05) is 20.1 Å². The first-order valence-corrected chi connectivity index (χ1v) is 2.95. The molecule has 3 heteroatoms. The van der Waals surface area contributed by atoms with Crippen molar-refractivity contribution >= 4 is 0 Å². The fourth-order valence-corrected chi connectivity index (χ4v) is 0.423. The Bertz CT molecular complexity index is 47.6. The third-order valence-electron chi connectivity index (χ3n) is 1.22. The highest BCUT2D eigenvalue weighted by molar-refractivity contribution is 4.35. The zero-order valence-electron chi connectivity index (χ0n) is 5.89. The van der Waals surface area contributed by atoms with Gasteiger partial charge in [-0.3, -0.25) is 5.84 Å². The lowest BCUT2D eigenvalue weighted by atomic mass is 10.7. The van der Waals surface area contributed by atoms with Crippen molar-refractivity contribution in [2.75, 3.05) is 20.1 Å². The highest BCUT2D eigenvalue weighted by Crippen LogP contribution is 1.82. The normalized spacial score (nSPS) is 11.2. The van der Waals surface area contributed by atoms with E-state index in [2.05, 4.69) is 6.92 Å². The van der Waals surface area contributed by atoms with Crippen molar-refractivity contribution in [3.8, 4) is 0 Å². The Hall–Kier alpha value is -0.120. The van der Waals surface area contributed by atoms with Crippen LogP contribution >= 0.6 is 0 Å². The molecule has 0 aromatic heterocycles. The minimum atomic E-state index is 0.865. The lowest BCUT2D eigenvalue weighted by Crippen LogP contribution is -2.44. The van der Waals surface area contributed by atoms with Crippen molar-refractivity contribution in [2.24, 2.45) is 5.84 Å². The van der Waals surface area contributed by atoms with Crippen molar-refractivity contribution in [3.63, 3.8) is 0 Å². The number of nitrogens with two attached hydrogens (primary N) is 1. The van der Waals surface area contributed by atoms with Crippen LogP contribution in [0, 0.1) is 0 Å². The Morgan fingerprint density at radius 1 is 1.25 bits per heavy atom. The van der Waals surface area contributed by atoms with Crippen molar-refractivity contribution < 1.29 is 0 Å². The zero-order chi connectivity index (χ0) is 6.57. The van der Waals surface area contributed by atoms with Crippen LogP contribution in [0.3, 0.4) is 0 Å². The number of rotatable bonds is 3. The van der Waals surface area contributed by atoms with Gasteiger partial charge in [0.15, 0.2) is 0 Å². The summed E-state index contributed by atoms with van der Waals surface area (Å²) in [5.41, 5.74) is 0. The van der Waals surface area contributed by atoms with Gasteiger partial charge in [0.05, 0.1) is 0 Å². The quantitative estimate of drug-likeness (QED) is 0.419. The summed E-state index contributed by atoms with van der Waals surface area (Å²) < 4.78 is 0. The lowest BCUT2D eigenvalue weighted by molar-refractivity contribution is 0.00879. The molecule has 0 aliphatic carbocycles. The van der Waals surface area contributed by atoms with Gasteiger partial charge in [-0.25, -0.2) is 5.01 Å². The Morgan fingerprint density at radius 2 is 1.75 bits per heavy atom. The lowest BCUT2D eigenvalue weighted by Gasteiger charge is -2.24. The highest BCUT2D eigenvalue weighted by atomic mass is 15.7. The van der Waals surface area contributed by atoms with E-state index in [4.69, 9.17) is 5.84 Å². The fraction of sp³-hybridized carbons (Fsp3) is 1.00.